The molecule has 1 aliphatic carbocycles. The normalized spacial score (nSPS) is 13.9. The molecule has 1 aliphatic rings. The quantitative estimate of drug-likeness (QED) is 0.444. The van der Waals surface area contributed by atoms with Crippen LogP contribution in [0.1, 0.15) is 43.7 Å². The number of carbonyl (C=O) groups excluding carboxylic acids is 3. The summed E-state index contributed by atoms with van der Waals surface area (Å²) in [4.78, 5) is 34.4. The SMILES string of the molecule is CC(C)c1ccc(/C=C/C(=O)NNC(=O)C(=O)NC2CC2)cc1. The molecule has 1 fully saturated rings. The third-order valence-electron chi connectivity index (χ3n) is 3.45. The molecule has 1 aromatic rings. The molecule has 122 valence electrons. The predicted molar refractivity (Wildman–Crippen MR) is 87.0 cm³/mol. The van der Waals surface area contributed by atoms with Crippen LogP contribution in [0.5, 0.6) is 0 Å². The van der Waals surface area contributed by atoms with Gasteiger partial charge >= 0.3 is 11.8 Å². The molecular formula is C17H21N3O3. The maximum Gasteiger partial charge on any atom is 0.327 e. The minimum atomic E-state index is -0.875. The van der Waals surface area contributed by atoms with Gasteiger partial charge < -0.3 is 5.32 Å². The van der Waals surface area contributed by atoms with Gasteiger partial charge in [-0.3, -0.25) is 25.2 Å². The maximum atomic E-state index is 11.6. The molecule has 0 aliphatic heterocycles. The lowest BCUT2D eigenvalue weighted by Crippen LogP contribution is -2.48. The Morgan fingerprint density at radius 2 is 1.70 bits per heavy atom. The Balaban J connectivity index is 1.76. The van der Waals surface area contributed by atoms with E-state index in [2.05, 4.69) is 30.0 Å². The number of rotatable bonds is 4. The Hall–Kier alpha value is -2.63. The largest absolute Gasteiger partial charge is 0.345 e. The van der Waals surface area contributed by atoms with Gasteiger partial charge in [-0.25, -0.2) is 0 Å². The lowest BCUT2D eigenvalue weighted by Gasteiger charge is -2.06. The summed E-state index contributed by atoms with van der Waals surface area (Å²) in [6, 6.07) is 7.94. The molecule has 0 radical (unpaired) electrons. The Bertz CT molecular complexity index is 616. The molecule has 0 atom stereocenters. The fraction of sp³-hybridized carbons (Fsp3) is 0.353. The summed E-state index contributed by atoms with van der Waals surface area (Å²) < 4.78 is 0. The number of amides is 3. The van der Waals surface area contributed by atoms with Crippen molar-refractivity contribution in [1.82, 2.24) is 16.2 Å². The first-order valence-corrected chi connectivity index (χ1v) is 7.64. The van der Waals surface area contributed by atoms with Gasteiger partial charge in [-0.1, -0.05) is 38.1 Å². The fourth-order valence-electron chi connectivity index (χ4n) is 1.86. The van der Waals surface area contributed by atoms with Crippen LogP contribution >= 0.6 is 0 Å². The van der Waals surface area contributed by atoms with Gasteiger partial charge in [0.15, 0.2) is 0 Å². The maximum absolute atomic E-state index is 11.6. The predicted octanol–water partition coefficient (Wildman–Crippen LogP) is 1.25. The van der Waals surface area contributed by atoms with Crippen LogP contribution < -0.4 is 16.2 Å². The molecule has 0 aromatic heterocycles. The molecular weight excluding hydrogens is 294 g/mol. The first-order valence-electron chi connectivity index (χ1n) is 7.64. The highest BCUT2D eigenvalue weighted by Crippen LogP contribution is 2.18. The van der Waals surface area contributed by atoms with E-state index in [1.54, 1.807) is 6.08 Å². The summed E-state index contributed by atoms with van der Waals surface area (Å²) in [6.07, 6.45) is 4.72. The molecule has 0 heterocycles. The van der Waals surface area contributed by atoms with Crippen LogP contribution in [0.4, 0.5) is 0 Å². The molecule has 3 N–H and O–H groups in total. The Morgan fingerprint density at radius 3 is 2.26 bits per heavy atom. The Labute approximate surface area is 135 Å². The lowest BCUT2D eigenvalue weighted by molar-refractivity contribution is -0.140. The molecule has 2 rings (SSSR count). The average Bonchev–Trinajstić information content (AvgIpc) is 3.34. The van der Waals surface area contributed by atoms with E-state index >= 15 is 0 Å². The number of hydrogen-bond acceptors (Lipinski definition) is 3. The van der Waals surface area contributed by atoms with E-state index in [-0.39, 0.29) is 6.04 Å². The van der Waals surface area contributed by atoms with Crippen LogP contribution in [0.15, 0.2) is 30.3 Å². The molecule has 0 bridgehead atoms. The van der Waals surface area contributed by atoms with Crippen molar-refractivity contribution in [2.45, 2.75) is 38.6 Å². The second kappa shape index (κ2) is 7.58. The second-order valence-electron chi connectivity index (χ2n) is 5.85. The van der Waals surface area contributed by atoms with Crippen LogP contribution in [0.25, 0.3) is 6.08 Å². The molecule has 0 unspecified atom stereocenters. The Kier molecular flexibility index (Phi) is 5.51. The zero-order chi connectivity index (χ0) is 16.8. The second-order valence-corrected chi connectivity index (χ2v) is 5.85. The van der Waals surface area contributed by atoms with E-state index in [0.717, 1.165) is 18.4 Å². The highest BCUT2D eigenvalue weighted by Gasteiger charge is 2.26. The average molecular weight is 315 g/mol. The number of nitrogens with one attached hydrogen (secondary N) is 3. The van der Waals surface area contributed by atoms with Crippen LogP contribution in [0.3, 0.4) is 0 Å². The standard InChI is InChI=1S/C17H21N3O3/c1-11(2)13-6-3-12(4-7-13)5-10-15(21)19-20-17(23)16(22)18-14-8-9-14/h3-7,10-11,14H,8-9H2,1-2H3,(H,18,22)(H,19,21)(H,20,23)/b10-5+. The topological polar surface area (TPSA) is 87.3 Å². The Morgan fingerprint density at radius 1 is 1.04 bits per heavy atom. The van der Waals surface area contributed by atoms with Crippen molar-refractivity contribution in [3.63, 3.8) is 0 Å². The van der Waals surface area contributed by atoms with Crippen LogP contribution in [0.2, 0.25) is 0 Å². The van der Waals surface area contributed by atoms with Crippen molar-refractivity contribution in [2.75, 3.05) is 0 Å². The van der Waals surface area contributed by atoms with E-state index in [0.29, 0.717) is 5.92 Å². The fourth-order valence-corrected chi connectivity index (χ4v) is 1.86. The molecule has 1 aromatic carbocycles. The summed E-state index contributed by atoms with van der Waals surface area (Å²) in [6.45, 7) is 4.22. The highest BCUT2D eigenvalue weighted by molar-refractivity contribution is 6.35. The summed E-state index contributed by atoms with van der Waals surface area (Å²) in [7, 11) is 0. The monoisotopic (exact) mass is 315 g/mol. The van der Waals surface area contributed by atoms with Gasteiger partial charge in [0, 0.05) is 12.1 Å². The van der Waals surface area contributed by atoms with Crippen molar-refractivity contribution in [3.8, 4) is 0 Å². The highest BCUT2D eigenvalue weighted by atomic mass is 16.2. The first-order chi connectivity index (χ1) is 11.0. The zero-order valence-electron chi connectivity index (χ0n) is 13.3. The number of carbonyl (C=O) groups is 3. The minimum Gasteiger partial charge on any atom is -0.345 e. The van der Waals surface area contributed by atoms with Crippen LogP contribution in [-0.4, -0.2) is 23.8 Å². The number of hydrazine groups is 1. The molecule has 0 saturated heterocycles. The van der Waals surface area contributed by atoms with Gasteiger partial charge in [0.1, 0.15) is 0 Å². The van der Waals surface area contributed by atoms with Crippen molar-refractivity contribution >= 4 is 23.8 Å². The van der Waals surface area contributed by atoms with E-state index in [1.165, 1.54) is 11.6 Å². The minimum absolute atomic E-state index is 0.0951. The summed E-state index contributed by atoms with van der Waals surface area (Å²) in [5.74, 6) is -1.67. The van der Waals surface area contributed by atoms with Gasteiger partial charge in [0.2, 0.25) is 0 Å². The molecule has 0 spiro atoms. The van der Waals surface area contributed by atoms with Crippen molar-refractivity contribution in [1.29, 1.82) is 0 Å². The van der Waals surface area contributed by atoms with Gasteiger partial charge in [-0.05, 0) is 36.0 Å². The van der Waals surface area contributed by atoms with Gasteiger partial charge in [0.25, 0.3) is 5.91 Å². The number of benzene rings is 1. The van der Waals surface area contributed by atoms with Gasteiger partial charge in [-0.2, -0.15) is 0 Å². The zero-order valence-corrected chi connectivity index (χ0v) is 13.3. The first kappa shape index (κ1) is 16.7. The molecule has 23 heavy (non-hydrogen) atoms. The molecule has 6 heteroatoms. The van der Waals surface area contributed by atoms with E-state index < -0.39 is 17.7 Å². The van der Waals surface area contributed by atoms with E-state index in [1.807, 2.05) is 24.3 Å². The van der Waals surface area contributed by atoms with Crippen molar-refractivity contribution < 1.29 is 14.4 Å². The van der Waals surface area contributed by atoms with Crippen LogP contribution in [0, 0.1) is 0 Å². The van der Waals surface area contributed by atoms with Gasteiger partial charge in [-0.15, -0.1) is 0 Å². The molecule has 6 nitrogen and oxygen atoms in total. The van der Waals surface area contributed by atoms with Crippen molar-refractivity contribution in [3.05, 3.63) is 41.5 Å². The van der Waals surface area contributed by atoms with E-state index in [9.17, 15) is 14.4 Å². The lowest BCUT2D eigenvalue weighted by atomic mass is 10.0. The third-order valence-corrected chi connectivity index (χ3v) is 3.45. The number of hydrogen-bond donors (Lipinski definition) is 3. The van der Waals surface area contributed by atoms with E-state index in [4.69, 9.17) is 0 Å². The smallest absolute Gasteiger partial charge is 0.327 e. The third kappa shape index (κ3) is 5.58. The van der Waals surface area contributed by atoms with Crippen LogP contribution in [-0.2, 0) is 14.4 Å². The van der Waals surface area contributed by atoms with Gasteiger partial charge in [0.05, 0.1) is 0 Å². The summed E-state index contributed by atoms with van der Waals surface area (Å²) in [5.41, 5.74) is 6.34. The summed E-state index contributed by atoms with van der Waals surface area (Å²) >= 11 is 0. The van der Waals surface area contributed by atoms with Crippen molar-refractivity contribution in [2.24, 2.45) is 0 Å². The summed E-state index contributed by atoms with van der Waals surface area (Å²) in [5, 5.41) is 2.53. The molecule has 1 saturated carbocycles. The molecule has 3 amide bonds.